The first kappa shape index (κ1) is 15.0. The minimum absolute atomic E-state index is 0.766. The Hall–Kier alpha value is -0.0400. The summed E-state index contributed by atoms with van der Waals surface area (Å²) in [5.74, 6) is 3.30. The summed E-state index contributed by atoms with van der Waals surface area (Å²) >= 11 is 0. The van der Waals surface area contributed by atoms with E-state index < -0.39 is 0 Å². The van der Waals surface area contributed by atoms with E-state index in [1.54, 1.807) is 0 Å². The molecule has 0 bridgehead atoms. The van der Waals surface area contributed by atoms with Gasteiger partial charge in [-0.2, -0.15) is 0 Å². The summed E-state index contributed by atoms with van der Waals surface area (Å²) in [4.78, 5) is 0. The third kappa shape index (κ3) is 7.84. The fourth-order valence-electron chi connectivity index (χ4n) is 1.83. The van der Waals surface area contributed by atoms with Crippen LogP contribution < -0.4 is 5.32 Å². The van der Waals surface area contributed by atoms with Crippen molar-refractivity contribution >= 4 is 0 Å². The van der Waals surface area contributed by atoms with Crippen LogP contribution in [-0.2, 0) is 0 Å². The van der Waals surface area contributed by atoms with Gasteiger partial charge in [0.2, 0.25) is 0 Å². The van der Waals surface area contributed by atoms with Crippen LogP contribution in [0.4, 0.5) is 0 Å². The third-order valence-corrected chi connectivity index (χ3v) is 3.46. The van der Waals surface area contributed by atoms with Gasteiger partial charge in [-0.3, -0.25) is 0 Å². The van der Waals surface area contributed by atoms with Gasteiger partial charge in [0.25, 0.3) is 0 Å². The lowest BCUT2D eigenvalue weighted by molar-refractivity contribution is 0.297. The second-order valence-corrected chi connectivity index (χ2v) is 5.76. The van der Waals surface area contributed by atoms with Gasteiger partial charge in [-0.25, -0.2) is 0 Å². The Kier molecular flexibility index (Phi) is 8.13. The van der Waals surface area contributed by atoms with E-state index in [1.807, 2.05) is 0 Å². The van der Waals surface area contributed by atoms with Crippen LogP contribution in [0.3, 0.4) is 0 Å². The largest absolute Gasteiger partial charge is 0.316 e. The van der Waals surface area contributed by atoms with Gasteiger partial charge < -0.3 is 5.32 Å². The molecule has 0 aromatic heterocycles. The van der Waals surface area contributed by atoms with E-state index in [2.05, 4.69) is 46.9 Å². The molecule has 1 nitrogen and oxygen atoms in total. The lowest BCUT2D eigenvalue weighted by atomic mass is 9.86. The van der Waals surface area contributed by atoms with Crippen LogP contribution in [0.2, 0.25) is 0 Å². The van der Waals surface area contributed by atoms with Gasteiger partial charge in [0.1, 0.15) is 0 Å². The predicted molar refractivity (Wildman–Crippen MR) is 70.1 cm³/mol. The molecular formula is C14H31N. The molecule has 1 heteroatoms. The van der Waals surface area contributed by atoms with Gasteiger partial charge in [-0.1, -0.05) is 48.0 Å². The summed E-state index contributed by atoms with van der Waals surface area (Å²) in [7, 11) is 0. The third-order valence-electron chi connectivity index (χ3n) is 3.46. The molecule has 0 rings (SSSR count). The number of nitrogens with one attached hydrogen (secondary N) is 1. The van der Waals surface area contributed by atoms with E-state index in [1.165, 1.54) is 19.4 Å². The monoisotopic (exact) mass is 213 g/mol. The first-order valence-corrected chi connectivity index (χ1v) is 6.68. The second kappa shape index (κ2) is 8.15. The van der Waals surface area contributed by atoms with Gasteiger partial charge >= 0.3 is 0 Å². The molecule has 3 atom stereocenters. The van der Waals surface area contributed by atoms with Crippen molar-refractivity contribution in [2.24, 2.45) is 23.7 Å². The molecule has 0 saturated heterocycles. The van der Waals surface area contributed by atoms with Gasteiger partial charge in [0.15, 0.2) is 0 Å². The average molecular weight is 213 g/mol. The molecule has 1 N–H and O–H groups in total. The van der Waals surface area contributed by atoms with Crippen molar-refractivity contribution in [2.75, 3.05) is 13.1 Å². The van der Waals surface area contributed by atoms with Crippen LogP contribution in [0.1, 0.15) is 54.4 Å². The summed E-state index contributed by atoms with van der Waals surface area (Å²) in [5.41, 5.74) is 0. The standard InChI is InChI=1S/C14H31N/c1-7-12(4)8-13(5)14(6)10-15-9-11(2)3/h11-15H,7-10H2,1-6H3. The van der Waals surface area contributed by atoms with Crippen LogP contribution in [0.25, 0.3) is 0 Å². The molecule has 15 heavy (non-hydrogen) atoms. The molecule has 0 aliphatic heterocycles. The van der Waals surface area contributed by atoms with Crippen molar-refractivity contribution in [1.82, 2.24) is 5.32 Å². The molecule has 0 radical (unpaired) electrons. The molecule has 0 aromatic carbocycles. The zero-order valence-corrected chi connectivity index (χ0v) is 11.6. The topological polar surface area (TPSA) is 12.0 Å². The quantitative estimate of drug-likeness (QED) is 0.644. The molecule has 0 spiro atoms. The first-order chi connectivity index (χ1) is 6.97. The van der Waals surface area contributed by atoms with Crippen molar-refractivity contribution in [3.05, 3.63) is 0 Å². The van der Waals surface area contributed by atoms with Crippen LogP contribution >= 0.6 is 0 Å². The highest BCUT2D eigenvalue weighted by Crippen LogP contribution is 2.21. The van der Waals surface area contributed by atoms with Crippen molar-refractivity contribution < 1.29 is 0 Å². The van der Waals surface area contributed by atoms with E-state index >= 15 is 0 Å². The maximum atomic E-state index is 3.56. The summed E-state index contributed by atoms with van der Waals surface area (Å²) in [6, 6.07) is 0. The minimum Gasteiger partial charge on any atom is -0.316 e. The van der Waals surface area contributed by atoms with Gasteiger partial charge in [-0.15, -0.1) is 0 Å². The molecule has 0 aromatic rings. The lowest BCUT2D eigenvalue weighted by Gasteiger charge is -2.23. The van der Waals surface area contributed by atoms with Crippen LogP contribution in [-0.4, -0.2) is 13.1 Å². The Morgan fingerprint density at radius 2 is 1.47 bits per heavy atom. The predicted octanol–water partition coefficient (Wildman–Crippen LogP) is 3.94. The maximum absolute atomic E-state index is 3.56. The second-order valence-electron chi connectivity index (χ2n) is 5.76. The van der Waals surface area contributed by atoms with E-state index in [0.717, 1.165) is 30.2 Å². The van der Waals surface area contributed by atoms with Crippen molar-refractivity contribution in [3.63, 3.8) is 0 Å². The molecule has 3 unspecified atom stereocenters. The highest BCUT2D eigenvalue weighted by atomic mass is 14.9. The summed E-state index contributed by atoms with van der Waals surface area (Å²) in [5, 5.41) is 3.56. The fraction of sp³-hybridized carbons (Fsp3) is 1.00. The maximum Gasteiger partial charge on any atom is -0.00205 e. The van der Waals surface area contributed by atoms with Crippen LogP contribution in [0, 0.1) is 23.7 Å². The number of hydrogen-bond donors (Lipinski definition) is 1. The molecule has 0 heterocycles. The smallest absolute Gasteiger partial charge is 0.00205 e. The molecule has 0 amide bonds. The van der Waals surface area contributed by atoms with Crippen LogP contribution in [0.15, 0.2) is 0 Å². The van der Waals surface area contributed by atoms with E-state index in [-0.39, 0.29) is 0 Å². The Morgan fingerprint density at radius 3 is 1.93 bits per heavy atom. The van der Waals surface area contributed by atoms with E-state index in [4.69, 9.17) is 0 Å². The van der Waals surface area contributed by atoms with Gasteiger partial charge in [0, 0.05) is 0 Å². The Labute approximate surface area is 97.0 Å². The Balaban J connectivity index is 3.64. The van der Waals surface area contributed by atoms with Crippen LogP contribution in [0.5, 0.6) is 0 Å². The normalized spacial score (nSPS) is 17.8. The minimum atomic E-state index is 0.766. The number of hydrogen-bond acceptors (Lipinski definition) is 1. The summed E-state index contributed by atoms with van der Waals surface area (Å²) in [6.07, 6.45) is 2.69. The first-order valence-electron chi connectivity index (χ1n) is 6.68. The summed E-state index contributed by atoms with van der Waals surface area (Å²) < 4.78 is 0. The molecule has 0 saturated carbocycles. The zero-order valence-electron chi connectivity index (χ0n) is 11.6. The highest BCUT2D eigenvalue weighted by molar-refractivity contribution is 4.67. The molecule has 0 fully saturated rings. The Morgan fingerprint density at radius 1 is 0.867 bits per heavy atom. The Bertz CT molecular complexity index is 142. The average Bonchev–Trinajstić information content (AvgIpc) is 2.16. The molecule has 0 aliphatic rings. The molecule has 0 aliphatic carbocycles. The highest BCUT2D eigenvalue weighted by Gasteiger charge is 2.14. The number of rotatable bonds is 8. The van der Waals surface area contributed by atoms with E-state index in [9.17, 15) is 0 Å². The summed E-state index contributed by atoms with van der Waals surface area (Å²) in [6.45, 7) is 16.3. The van der Waals surface area contributed by atoms with Crippen molar-refractivity contribution in [2.45, 2.75) is 54.4 Å². The molecular weight excluding hydrogens is 182 g/mol. The lowest BCUT2D eigenvalue weighted by Crippen LogP contribution is -2.28. The fourth-order valence-corrected chi connectivity index (χ4v) is 1.83. The van der Waals surface area contributed by atoms with Gasteiger partial charge in [-0.05, 0) is 43.2 Å². The van der Waals surface area contributed by atoms with E-state index in [0.29, 0.717) is 0 Å². The molecule has 92 valence electrons. The van der Waals surface area contributed by atoms with Crippen molar-refractivity contribution in [1.29, 1.82) is 0 Å². The van der Waals surface area contributed by atoms with Gasteiger partial charge in [0.05, 0.1) is 0 Å². The van der Waals surface area contributed by atoms with Crippen molar-refractivity contribution in [3.8, 4) is 0 Å². The SMILES string of the molecule is CCC(C)CC(C)C(C)CNCC(C)C. The zero-order chi connectivity index (χ0) is 11.8.